The van der Waals surface area contributed by atoms with Gasteiger partial charge in [0.15, 0.2) is 0 Å². The first-order valence-electron chi connectivity index (χ1n) is 7.60. The van der Waals surface area contributed by atoms with E-state index in [0.717, 1.165) is 18.0 Å². The molecule has 2 rings (SSSR count). The lowest BCUT2D eigenvalue weighted by Gasteiger charge is -2.24. The second-order valence-corrected chi connectivity index (χ2v) is 5.89. The van der Waals surface area contributed by atoms with Crippen LogP contribution >= 0.6 is 0 Å². The zero-order valence-electron chi connectivity index (χ0n) is 12.9. The molecule has 1 fully saturated rings. The van der Waals surface area contributed by atoms with Crippen molar-refractivity contribution < 1.29 is 4.74 Å². The van der Waals surface area contributed by atoms with Crippen molar-refractivity contribution in [2.24, 2.45) is 0 Å². The molecular weight excluding hydrogens is 250 g/mol. The molecule has 1 unspecified atom stereocenters. The number of nitrogens with two attached hydrogens (primary N) is 1. The van der Waals surface area contributed by atoms with Crippen molar-refractivity contribution in [3.8, 4) is 5.75 Å². The molecule has 112 valence electrons. The van der Waals surface area contributed by atoms with E-state index >= 15 is 0 Å². The third-order valence-corrected chi connectivity index (χ3v) is 3.74. The lowest BCUT2D eigenvalue weighted by atomic mass is 10.2. The first-order valence-corrected chi connectivity index (χ1v) is 7.60. The summed E-state index contributed by atoms with van der Waals surface area (Å²) in [5, 5.41) is 3.48. The highest BCUT2D eigenvalue weighted by molar-refractivity contribution is 5.61. The second-order valence-electron chi connectivity index (χ2n) is 5.89. The molecule has 1 aromatic carbocycles. The van der Waals surface area contributed by atoms with Crippen molar-refractivity contribution in [2.45, 2.75) is 45.8 Å². The van der Waals surface area contributed by atoms with Crippen LogP contribution in [0.4, 0.5) is 11.4 Å². The fourth-order valence-electron chi connectivity index (χ4n) is 2.58. The Kier molecular flexibility index (Phi) is 5.12. The maximum atomic E-state index is 5.93. The van der Waals surface area contributed by atoms with Gasteiger partial charge in [0, 0.05) is 24.3 Å². The fourth-order valence-corrected chi connectivity index (χ4v) is 2.58. The Bertz CT molecular complexity index is 428. The molecule has 1 atom stereocenters. The molecule has 1 aromatic rings. The molecule has 1 aliphatic heterocycles. The topological polar surface area (TPSA) is 50.5 Å². The summed E-state index contributed by atoms with van der Waals surface area (Å²) in [5.41, 5.74) is 7.69. The lowest BCUT2D eigenvalue weighted by molar-refractivity contribution is 0.244. The summed E-state index contributed by atoms with van der Waals surface area (Å²) < 4.78 is 5.72. The van der Waals surface area contributed by atoms with E-state index in [1.165, 1.54) is 25.9 Å². The molecule has 0 saturated carbocycles. The molecule has 0 bridgehead atoms. The van der Waals surface area contributed by atoms with E-state index in [-0.39, 0.29) is 6.10 Å². The third-order valence-electron chi connectivity index (χ3n) is 3.74. The minimum Gasteiger partial charge on any atom is -0.489 e. The van der Waals surface area contributed by atoms with Gasteiger partial charge in [-0.25, -0.2) is 0 Å². The standard InChI is InChI=1S/C16H27N3O/c1-12(2)20-16-10-14(6-7-15(16)17)18-11-13(3)19-8-4-5-9-19/h6-7,10,12-13,18H,4-5,8-9,11,17H2,1-3H3. The van der Waals surface area contributed by atoms with Crippen LogP contribution in [0.3, 0.4) is 0 Å². The highest BCUT2D eigenvalue weighted by atomic mass is 16.5. The molecule has 3 N–H and O–H groups in total. The Hall–Kier alpha value is -1.42. The number of hydrogen-bond acceptors (Lipinski definition) is 4. The number of benzene rings is 1. The Morgan fingerprint density at radius 1 is 1.25 bits per heavy atom. The van der Waals surface area contributed by atoms with Gasteiger partial charge in [0.1, 0.15) is 5.75 Å². The van der Waals surface area contributed by atoms with Gasteiger partial charge < -0.3 is 15.8 Å². The van der Waals surface area contributed by atoms with Crippen molar-refractivity contribution in [1.29, 1.82) is 0 Å². The summed E-state index contributed by atoms with van der Waals surface area (Å²) in [6, 6.07) is 6.47. The van der Waals surface area contributed by atoms with Crippen molar-refractivity contribution in [2.75, 3.05) is 30.7 Å². The number of nitrogens with one attached hydrogen (secondary N) is 1. The van der Waals surface area contributed by atoms with Crippen LogP contribution in [0, 0.1) is 0 Å². The summed E-state index contributed by atoms with van der Waals surface area (Å²) in [6.07, 6.45) is 2.80. The highest BCUT2D eigenvalue weighted by Crippen LogP contribution is 2.26. The van der Waals surface area contributed by atoms with Crippen LogP contribution in [0.2, 0.25) is 0 Å². The van der Waals surface area contributed by atoms with E-state index < -0.39 is 0 Å². The number of nitrogen functional groups attached to an aromatic ring is 1. The van der Waals surface area contributed by atoms with E-state index in [2.05, 4.69) is 17.1 Å². The van der Waals surface area contributed by atoms with Gasteiger partial charge >= 0.3 is 0 Å². The van der Waals surface area contributed by atoms with Gasteiger partial charge in [-0.15, -0.1) is 0 Å². The van der Waals surface area contributed by atoms with Gasteiger partial charge in [0.2, 0.25) is 0 Å². The Morgan fingerprint density at radius 3 is 2.60 bits per heavy atom. The van der Waals surface area contributed by atoms with Crippen LogP contribution in [0.25, 0.3) is 0 Å². The molecular formula is C16H27N3O. The average molecular weight is 277 g/mol. The number of likely N-dealkylation sites (tertiary alicyclic amines) is 1. The van der Waals surface area contributed by atoms with Crippen molar-refractivity contribution >= 4 is 11.4 Å². The largest absolute Gasteiger partial charge is 0.489 e. The van der Waals surface area contributed by atoms with E-state index in [4.69, 9.17) is 10.5 Å². The predicted molar refractivity (Wildman–Crippen MR) is 85.4 cm³/mol. The van der Waals surface area contributed by atoms with Gasteiger partial charge in [-0.1, -0.05) is 0 Å². The van der Waals surface area contributed by atoms with Gasteiger partial charge in [-0.3, -0.25) is 4.90 Å². The number of ether oxygens (including phenoxy) is 1. The first kappa shape index (κ1) is 15.0. The fraction of sp³-hybridized carbons (Fsp3) is 0.625. The number of rotatable bonds is 6. The SMILES string of the molecule is CC(C)Oc1cc(NCC(C)N2CCCC2)ccc1N. The van der Waals surface area contributed by atoms with Gasteiger partial charge in [-0.2, -0.15) is 0 Å². The molecule has 0 spiro atoms. The number of anilines is 2. The van der Waals surface area contributed by atoms with Crippen LogP contribution in [0.5, 0.6) is 5.75 Å². The lowest BCUT2D eigenvalue weighted by Crippen LogP contribution is -2.35. The van der Waals surface area contributed by atoms with Crippen LogP contribution in [0.15, 0.2) is 18.2 Å². The Balaban J connectivity index is 1.91. The summed E-state index contributed by atoms with van der Waals surface area (Å²) in [7, 11) is 0. The first-order chi connectivity index (χ1) is 9.56. The molecule has 1 heterocycles. The maximum Gasteiger partial charge on any atom is 0.144 e. The average Bonchev–Trinajstić information content (AvgIpc) is 2.92. The quantitative estimate of drug-likeness (QED) is 0.785. The summed E-state index contributed by atoms with van der Waals surface area (Å²) in [4.78, 5) is 2.54. The van der Waals surface area contributed by atoms with E-state index in [0.29, 0.717) is 11.7 Å². The minimum absolute atomic E-state index is 0.135. The predicted octanol–water partition coefficient (Wildman–Crippen LogP) is 2.95. The molecule has 1 aliphatic rings. The van der Waals surface area contributed by atoms with Crippen molar-refractivity contribution in [3.63, 3.8) is 0 Å². The second kappa shape index (κ2) is 6.84. The third kappa shape index (κ3) is 4.04. The Morgan fingerprint density at radius 2 is 1.95 bits per heavy atom. The zero-order chi connectivity index (χ0) is 14.5. The van der Waals surface area contributed by atoms with Crippen molar-refractivity contribution in [1.82, 2.24) is 4.90 Å². The summed E-state index contributed by atoms with van der Waals surface area (Å²) in [6.45, 7) is 9.70. The minimum atomic E-state index is 0.135. The van der Waals surface area contributed by atoms with Gasteiger partial charge in [0.05, 0.1) is 11.8 Å². The maximum absolute atomic E-state index is 5.93. The molecule has 0 aromatic heterocycles. The molecule has 4 heteroatoms. The van der Waals surface area contributed by atoms with Crippen LogP contribution in [-0.4, -0.2) is 36.7 Å². The molecule has 4 nitrogen and oxygen atoms in total. The van der Waals surface area contributed by atoms with E-state index in [1.807, 2.05) is 32.0 Å². The molecule has 1 saturated heterocycles. The van der Waals surface area contributed by atoms with E-state index in [1.54, 1.807) is 0 Å². The Labute approximate surface area is 122 Å². The summed E-state index contributed by atoms with van der Waals surface area (Å²) in [5.74, 6) is 0.763. The molecule has 0 amide bonds. The van der Waals surface area contributed by atoms with Gasteiger partial charge in [0.25, 0.3) is 0 Å². The molecule has 0 radical (unpaired) electrons. The monoisotopic (exact) mass is 277 g/mol. The van der Waals surface area contributed by atoms with Crippen molar-refractivity contribution in [3.05, 3.63) is 18.2 Å². The number of hydrogen-bond donors (Lipinski definition) is 2. The van der Waals surface area contributed by atoms with Crippen LogP contribution < -0.4 is 15.8 Å². The van der Waals surface area contributed by atoms with Crippen LogP contribution in [0.1, 0.15) is 33.6 Å². The summed E-state index contributed by atoms with van der Waals surface area (Å²) >= 11 is 0. The zero-order valence-corrected chi connectivity index (χ0v) is 12.9. The smallest absolute Gasteiger partial charge is 0.144 e. The van der Waals surface area contributed by atoms with Gasteiger partial charge in [-0.05, 0) is 58.8 Å². The number of nitrogens with zero attached hydrogens (tertiary/aromatic N) is 1. The van der Waals surface area contributed by atoms with E-state index in [9.17, 15) is 0 Å². The van der Waals surface area contributed by atoms with Crippen LogP contribution in [-0.2, 0) is 0 Å². The normalized spacial score (nSPS) is 17.4. The highest BCUT2D eigenvalue weighted by Gasteiger charge is 2.17. The molecule has 20 heavy (non-hydrogen) atoms. The molecule has 0 aliphatic carbocycles.